The van der Waals surface area contributed by atoms with E-state index in [1.807, 2.05) is 25.1 Å². The second-order valence-corrected chi connectivity index (χ2v) is 4.62. The Hall–Kier alpha value is -2.55. The normalized spacial score (nSPS) is 10.8. The molecule has 0 saturated heterocycles. The molecule has 1 aromatic heterocycles. The second kappa shape index (κ2) is 4.28. The van der Waals surface area contributed by atoms with E-state index >= 15 is 0 Å². The van der Waals surface area contributed by atoms with Crippen LogP contribution in [0.15, 0.2) is 48.5 Å². The van der Waals surface area contributed by atoms with Gasteiger partial charge in [0.2, 0.25) is 0 Å². The maximum absolute atomic E-state index is 11.0. The van der Waals surface area contributed by atoms with Gasteiger partial charge >= 0.3 is 5.97 Å². The van der Waals surface area contributed by atoms with Crippen LogP contribution in [0, 0.1) is 6.92 Å². The minimum absolute atomic E-state index is 0.217. The summed E-state index contributed by atoms with van der Waals surface area (Å²) < 4.78 is 0. The third-order valence-corrected chi connectivity index (χ3v) is 3.26. The van der Waals surface area contributed by atoms with Crippen LogP contribution in [0.5, 0.6) is 0 Å². The predicted molar refractivity (Wildman–Crippen MR) is 75.4 cm³/mol. The van der Waals surface area contributed by atoms with Crippen molar-refractivity contribution in [3.05, 3.63) is 59.8 Å². The van der Waals surface area contributed by atoms with Crippen molar-refractivity contribution in [3.8, 4) is 11.1 Å². The van der Waals surface area contributed by atoms with Crippen LogP contribution >= 0.6 is 0 Å². The van der Waals surface area contributed by atoms with E-state index < -0.39 is 5.97 Å². The van der Waals surface area contributed by atoms with Crippen molar-refractivity contribution < 1.29 is 9.90 Å². The lowest BCUT2D eigenvalue weighted by atomic mass is 10.0. The highest BCUT2D eigenvalue weighted by Crippen LogP contribution is 2.29. The number of hydrogen-bond acceptors (Lipinski definition) is 1. The van der Waals surface area contributed by atoms with Gasteiger partial charge in [0.1, 0.15) is 5.69 Å². The summed E-state index contributed by atoms with van der Waals surface area (Å²) in [5.41, 5.74) is 4.40. The van der Waals surface area contributed by atoms with E-state index in [0.717, 1.165) is 22.0 Å². The number of aryl methyl sites for hydroxylation is 1. The zero-order chi connectivity index (χ0) is 13.4. The van der Waals surface area contributed by atoms with Gasteiger partial charge in [0.25, 0.3) is 0 Å². The first-order chi connectivity index (χ1) is 9.15. The van der Waals surface area contributed by atoms with Gasteiger partial charge in [-0.2, -0.15) is 0 Å². The summed E-state index contributed by atoms with van der Waals surface area (Å²) in [6.45, 7) is 2.04. The molecular formula is C16H13NO2. The largest absolute Gasteiger partial charge is 0.477 e. The number of aromatic nitrogens is 1. The van der Waals surface area contributed by atoms with Crippen LogP contribution in [0.4, 0.5) is 0 Å². The zero-order valence-electron chi connectivity index (χ0n) is 10.5. The average molecular weight is 251 g/mol. The van der Waals surface area contributed by atoms with E-state index in [0.29, 0.717) is 0 Å². The summed E-state index contributed by atoms with van der Waals surface area (Å²) in [7, 11) is 0. The fourth-order valence-corrected chi connectivity index (χ4v) is 2.26. The first-order valence-electron chi connectivity index (χ1n) is 6.07. The molecule has 2 aromatic carbocycles. The summed E-state index contributed by atoms with van der Waals surface area (Å²) in [6, 6.07) is 15.7. The molecule has 19 heavy (non-hydrogen) atoms. The van der Waals surface area contributed by atoms with Crippen LogP contribution in [0.1, 0.15) is 16.1 Å². The van der Waals surface area contributed by atoms with E-state index in [2.05, 4.69) is 29.2 Å². The topological polar surface area (TPSA) is 53.1 Å². The van der Waals surface area contributed by atoms with Crippen molar-refractivity contribution in [2.45, 2.75) is 6.92 Å². The van der Waals surface area contributed by atoms with Gasteiger partial charge in [0, 0.05) is 10.9 Å². The number of fused-ring (bicyclic) bond motifs is 1. The van der Waals surface area contributed by atoms with Crippen molar-refractivity contribution in [3.63, 3.8) is 0 Å². The fourth-order valence-electron chi connectivity index (χ4n) is 2.26. The first kappa shape index (κ1) is 11.5. The molecule has 0 radical (unpaired) electrons. The molecule has 3 rings (SSSR count). The van der Waals surface area contributed by atoms with E-state index in [-0.39, 0.29) is 5.69 Å². The molecule has 2 N–H and O–H groups in total. The zero-order valence-corrected chi connectivity index (χ0v) is 10.5. The number of benzene rings is 2. The molecule has 0 amide bonds. The molecule has 0 aliphatic heterocycles. The summed E-state index contributed by atoms with van der Waals surface area (Å²) in [4.78, 5) is 13.9. The van der Waals surface area contributed by atoms with Crippen molar-refractivity contribution in [2.24, 2.45) is 0 Å². The second-order valence-electron chi connectivity index (χ2n) is 4.62. The number of nitrogens with one attached hydrogen (secondary N) is 1. The highest BCUT2D eigenvalue weighted by Gasteiger charge is 2.10. The Morgan fingerprint density at radius 3 is 2.53 bits per heavy atom. The Bertz CT molecular complexity index is 754. The average Bonchev–Trinajstić information content (AvgIpc) is 2.83. The van der Waals surface area contributed by atoms with Crippen molar-refractivity contribution in [2.75, 3.05) is 0 Å². The molecule has 3 heteroatoms. The molecule has 0 unspecified atom stereocenters. The molecule has 0 fully saturated rings. The summed E-state index contributed by atoms with van der Waals surface area (Å²) in [6.07, 6.45) is 0. The highest BCUT2D eigenvalue weighted by molar-refractivity contribution is 6.00. The Morgan fingerprint density at radius 2 is 1.84 bits per heavy atom. The number of carboxylic acids is 1. The van der Waals surface area contributed by atoms with Crippen molar-refractivity contribution in [1.82, 2.24) is 4.98 Å². The Labute approximate surface area is 110 Å². The standard InChI is InChI=1S/C16H13NO2/c1-10-5-7-11(8-6-10)12-3-2-4-14-13(12)9-15(17-14)16(18)19/h2-9,17H,1H3,(H,18,19). The monoisotopic (exact) mass is 251 g/mol. The van der Waals surface area contributed by atoms with Crippen LogP contribution in [-0.2, 0) is 0 Å². The van der Waals surface area contributed by atoms with E-state index in [1.54, 1.807) is 6.07 Å². The van der Waals surface area contributed by atoms with Gasteiger partial charge in [-0.15, -0.1) is 0 Å². The Kier molecular flexibility index (Phi) is 2.60. The van der Waals surface area contributed by atoms with Gasteiger partial charge in [-0.1, -0.05) is 42.0 Å². The van der Waals surface area contributed by atoms with Crippen molar-refractivity contribution in [1.29, 1.82) is 0 Å². The quantitative estimate of drug-likeness (QED) is 0.727. The van der Waals surface area contributed by atoms with Crippen LogP contribution in [0.2, 0.25) is 0 Å². The molecule has 3 aromatic rings. The molecular weight excluding hydrogens is 238 g/mol. The number of aromatic amines is 1. The Balaban J connectivity index is 2.23. The van der Waals surface area contributed by atoms with Gasteiger partial charge in [0.15, 0.2) is 0 Å². The lowest BCUT2D eigenvalue weighted by Gasteiger charge is -2.04. The van der Waals surface area contributed by atoms with E-state index in [1.165, 1.54) is 5.56 Å². The minimum atomic E-state index is -0.939. The number of rotatable bonds is 2. The molecule has 0 saturated carbocycles. The maximum atomic E-state index is 11.0. The molecule has 0 atom stereocenters. The molecule has 3 nitrogen and oxygen atoms in total. The van der Waals surface area contributed by atoms with E-state index in [4.69, 9.17) is 5.11 Å². The molecule has 0 spiro atoms. The maximum Gasteiger partial charge on any atom is 0.352 e. The summed E-state index contributed by atoms with van der Waals surface area (Å²) in [5, 5.41) is 9.99. The highest BCUT2D eigenvalue weighted by atomic mass is 16.4. The van der Waals surface area contributed by atoms with Gasteiger partial charge in [0.05, 0.1) is 0 Å². The van der Waals surface area contributed by atoms with Gasteiger partial charge in [-0.3, -0.25) is 0 Å². The van der Waals surface area contributed by atoms with Crippen LogP contribution in [0.3, 0.4) is 0 Å². The lowest BCUT2D eigenvalue weighted by molar-refractivity contribution is 0.0691. The number of aromatic carboxylic acids is 1. The fraction of sp³-hybridized carbons (Fsp3) is 0.0625. The molecule has 0 bridgehead atoms. The minimum Gasteiger partial charge on any atom is -0.477 e. The third-order valence-electron chi connectivity index (χ3n) is 3.26. The SMILES string of the molecule is Cc1ccc(-c2cccc3[nH]c(C(=O)O)cc23)cc1. The molecule has 1 heterocycles. The first-order valence-corrected chi connectivity index (χ1v) is 6.07. The number of hydrogen-bond donors (Lipinski definition) is 2. The molecule has 94 valence electrons. The van der Waals surface area contributed by atoms with Crippen LogP contribution < -0.4 is 0 Å². The molecule has 0 aliphatic rings. The van der Waals surface area contributed by atoms with Crippen LogP contribution in [-0.4, -0.2) is 16.1 Å². The summed E-state index contributed by atoms with van der Waals surface area (Å²) in [5.74, 6) is -0.939. The molecule has 0 aliphatic carbocycles. The smallest absolute Gasteiger partial charge is 0.352 e. The number of carboxylic acid groups (broad SMARTS) is 1. The van der Waals surface area contributed by atoms with Crippen molar-refractivity contribution >= 4 is 16.9 Å². The van der Waals surface area contributed by atoms with Gasteiger partial charge in [-0.05, 0) is 30.2 Å². The van der Waals surface area contributed by atoms with Gasteiger partial charge < -0.3 is 10.1 Å². The van der Waals surface area contributed by atoms with Gasteiger partial charge in [-0.25, -0.2) is 4.79 Å². The number of carbonyl (C=O) groups is 1. The van der Waals surface area contributed by atoms with E-state index in [9.17, 15) is 4.79 Å². The summed E-state index contributed by atoms with van der Waals surface area (Å²) >= 11 is 0. The third kappa shape index (κ3) is 1.99. The predicted octanol–water partition coefficient (Wildman–Crippen LogP) is 3.84. The Morgan fingerprint density at radius 1 is 1.11 bits per heavy atom. The number of H-pyrrole nitrogens is 1. The lowest BCUT2D eigenvalue weighted by Crippen LogP contribution is -1.94. The van der Waals surface area contributed by atoms with Crippen LogP contribution in [0.25, 0.3) is 22.0 Å².